The number of hydrogen-bond donors (Lipinski definition) is 3. The van der Waals surface area contributed by atoms with Crippen LogP contribution in [0, 0.1) is 0 Å². The van der Waals surface area contributed by atoms with Crippen LogP contribution in [-0.4, -0.2) is 29.2 Å². The molecule has 0 radical (unpaired) electrons. The van der Waals surface area contributed by atoms with Gasteiger partial charge in [0.15, 0.2) is 0 Å². The van der Waals surface area contributed by atoms with Gasteiger partial charge in [0.2, 0.25) is 5.91 Å². The van der Waals surface area contributed by atoms with Gasteiger partial charge in [0.05, 0.1) is 18.4 Å². The van der Waals surface area contributed by atoms with Crippen molar-refractivity contribution >= 4 is 5.91 Å². The van der Waals surface area contributed by atoms with Crippen molar-refractivity contribution < 1.29 is 4.79 Å². The van der Waals surface area contributed by atoms with Gasteiger partial charge in [-0.1, -0.05) is 37.3 Å². The Hall–Kier alpha value is -2.14. The molecule has 0 aliphatic carbocycles. The lowest BCUT2D eigenvalue weighted by molar-refractivity contribution is -0.120. The van der Waals surface area contributed by atoms with Gasteiger partial charge >= 0.3 is 0 Å². The average Bonchev–Trinajstić information content (AvgIpc) is 2.94. The van der Waals surface area contributed by atoms with E-state index in [1.807, 2.05) is 37.3 Å². The van der Waals surface area contributed by atoms with Crippen molar-refractivity contribution in [3.8, 4) is 11.3 Å². The van der Waals surface area contributed by atoms with E-state index in [4.69, 9.17) is 0 Å². The van der Waals surface area contributed by atoms with E-state index < -0.39 is 0 Å². The molecule has 0 saturated carbocycles. The largest absolute Gasteiger partial charge is 0.355 e. The second-order valence-electron chi connectivity index (χ2n) is 4.59. The molecule has 0 fully saturated rings. The lowest BCUT2D eigenvalue weighted by Gasteiger charge is -2.06. The van der Waals surface area contributed by atoms with Crippen molar-refractivity contribution in [3.05, 3.63) is 42.1 Å². The minimum Gasteiger partial charge on any atom is -0.355 e. The number of aromatic nitrogens is 2. The van der Waals surface area contributed by atoms with Gasteiger partial charge in [-0.05, 0) is 12.0 Å². The van der Waals surface area contributed by atoms with Crippen molar-refractivity contribution in [2.45, 2.75) is 19.9 Å². The molecule has 3 N–H and O–H groups in total. The van der Waals surface area contributed by atoms with Crippen LogP contribution in [0.3, 0.4) is 0 Å². The van der Waals surface area contributed by atoms with Gasteiger partial charge in [-0.25, -0.2) is 0 Å². The fraction of sp³-hybridized carbons (Fsp3) is 0.333. The number of amides is 1. The topological polar surface area (TPSA) is 69.8 Å². The lowest BCUT2D eigenvalue weighted by atomic mass is 10.1. The summed E-state index contributed by atoms with van der Waals surface area (Å²) in [4.78, 5) is 11.5. The smallest absolute Gasteiger partial charge is 0.233 e. The molecule has 0 saturated heterocycles. The first-order chi connectivity index (χ1) is 9.81. The van der Waals surface area contributed by atoms with E-state index in [2.05, 4.69) is 20.8 Å². The Morgan fingerprint density at radius 3 is 2.85 bits per heavy atom. The van der Waals surface area contributed by atoms with Crippen LogP contribution in [0.25, 0.3) is 11.3 Å². The van der Waals surface area contributed by atoms with Crippen LogP contribution in [0.1, 0.15) is 18.9 Å². The zero-order valence-corrected chi connectivity index (χ0v) is 11.6. The van der Waals surface area contributed by atoms with E-state index >= 15 is 0 Å². The van der Waals surface area contributed by atoms with Crippen molar-refractivity contribution in [3.63, 3.8) is 0 Å². The highest BCUT2D eigenvalue weighted by Gasteiger charge is 2.07. The van der Waals surface area contributed by atoms with Gasteiger partial charge in [-0.15, -0.1) is 0 Å². The number of carbonyl (C=O) groups excluding carboxylic acids is 1. The number of nitrogens with zero attached hydrogens (tertiary/aromatic N) is 1. The Labute approximate surface area is 118 Å². The molecule has 2 rings (SSSR count). The Bertz CT molecular complexity index is 536. The van der Waals surface area contributed by atoms with Gasteiger partial charge in [-0.3, -0.25) is 9.89 Å². The molecule has 0 spiro atoms. The third-order valence-corrected chi connectivity index (χ3v) is 2.95. The van der Waals surface area contributed by atoms with Crippen LogP contribution in [0.5, 0.6) is 0 Å². The van der Waals surface area contributed by atoms with E-state index in [-0.39, 0.29) is 5.91 Å². The van der Waals surface area contributed by atoms with Crippen molar-refractivity contribution in [1.82, 2.24) is 20.8 Å². The second-order valence-corrected chi connectivity index (χ2v) is 4.59. The molecule has 5 nitrogen and oxygen atoms in total. The quantitative estimate of drug-likeness (QED) is 0.718. The molecule has 1 aromatic carbocycles. The zero-order chi connectivity index (χ0) is 14.2. The van der Waals surface area contributed by atoms with E-state index in [0.29, 0.717) is 13.1 Å². The Kier molecular flexibility index (Phi) is 5.32. The summed E-state index contributed by atoms with van der Waals surface area (Å²) < 4.78 is 0. The van der Waals surface area contributed by atoms with Crippen molar-refractivity contribution in [1.29, 1.82) is 0 Å². The van der Waals surface area contributed by atoms with Crippen LogP contribution in [-0.2, 0) is 11.3 Å². The van der Waals surface area contributed by atoms with Gasteiger partial charge < -0.3 is 10.6 Å². The molecule has 1 heterocycles. The Morgan fingerprint density at radius 2 is 2.10 bits per heavy atom. The summed E-state index contributed by atoms with van der Waals surface area (Å²) in [6.45, 7) is 3.69. The lowest BCUT2D eigenvalue weighted by Crippen LogP contribution is -2.33. The second kappa shape index (κ2) is 7.45. The number of rotatable bonds is 7. The highest BCUT2D eigenvalue weighted by Crippen LogP contribution is 2.20. The minimum absolute atomic E-state index is 0.0246. The van der Waals surface area contributed by atoms with Crippen molar-refractivity contribution in [2.24, 2.45) is 0 Å². The maximum atomic E-state index is 11.5. The van der Waals surface area contributed by atoms with E-state index in [1.54, 1.807) is 6.20 Å². The van der Waals surface area contributed by atoms with E-state index in [0.717, 1.165) is 29.8 Å². The minimum atomic E-state index is 0.0246. The third kappa shape index (κ3) is 3.93. The summed E-state index contributed by atoms with van der Waals surface area (Å²) >= 11 is 0. The predicted octanol–water partition coefficient (Wildman–Crippen LogP) is 1.69. The molecule has 5 heteroatoms. The summed E-state index contributed by atoms with van der Waals surface area (Å²) in [6.07, 6.45) is 2.74. The molecule has 1 amide bonds. The van der Waals surface area contributed by atoms with Gasteiger partial charge in [-0.2, -0.15) is 5.10 Å². The summed E-state index contributed by atoms with van der Waals surface area (Å²) in [5.74, 6) is 0.0246. The number of hydrogen-bond acceptors (Lipinski definition) is 3. The van der Waals surface area contributed by atoms with Crippen LogP contribution in [0.15, 0.2) is 36.5 Å². The Balaban J connectivity index is 1.89. The maximum absolute atomic E-state index is 11.5. The molecule has 0 unspecified atom stereocenters. The summed E-state index contributed by atoms with van der Waals surface area (Å²) in [5, 5.41) is 13.1. The first-order valence-corrected chi connectivity index (χ1v) is 6.86. The number of nitrogens with one attached hydrogen (secondary N) is 3. The number of carbonyl (C=O) groups is 1. The standard InChI is InChI=1S/C15H20N4O/c1-2-8-17-14(20)11-16-9-13-10-18-19-15(13)12-6-4-3-5-7-12/h3-7,10,16H,2,8-9,11H2,1H3,(H,17,20)(H,18,19). The molecule has 2 aromatic rings. The van der Waals surface area contributed by atoms with E-state index in [1.165, 1.54) is 0 Å². The summed E-state index contributed by atoms with van der Waals surface area (Å²) in [6, 6.07) is 10.0. The number of benzene rings is 1. The molecule has 20 heavy (non-hydrogen) atoms. The highest BCUT2D eigenvalue weighted by atomic mass is 16.1. The molecule has 106 valence electrons. The van der Waals surface area contributed by atoms with Crippen LogP contribution in [0.2, 0.25) is 0 Å². The Morgan fingerprint density at radius 1 is 1.30 bits per heavy atom. The molecular weight excluding hydrogens is 252 g/mol. The fourth-order valence-corrected chi connectivity index (χ4v) is 1.94. The summed E-state index contributed by atoms with van der Waals surface area (Å²) in [7, 11) is 0. The van der Waals surface area contributed by atoms with Gasteiger partial charge in [0.1, 0.15) is 0 Å². The summed E-state index contributed by atoms with van der Waals surface area (Å²) in [5.41, 5.74) is 3.14. The fourth-order valence-electron chi connectivity index (χ4n) is 1.94. The van der Waals surface area contributed by atoms with E-state index in [9.17, 15) is 4.79 Å². The average molecular weight is 272 g/mol. The van der Waals surface area contributed by atoms with Crippen LogP contribution < -0.4 is 10.6 Å². The molecular formula is C15H20N4O. The number of H-pyrrole nitrogens is 1. The maximum Gasteiger partial charge on any atom is 0.233 e. The highest BCUT2D eigenvalue weighted by molar-refractivity contribution is 5.78. The SMILES string of the molecule is CCCNC(=O)CNCc1cn[nH]c1-c1ccccc1. The van der Waals surface area contributed by atoms with Crippen molar-refractivity contribution in [2.75, 3.05) is 13.1 Å². The predicted molar refractivity (Wildman–Crippen MR) is 79.0 cm³/mol. The molecule has 0 atom stereocenters. The number of aromatic amines is 1. The van der Waals surface area contributed by atoms with Crippen LogP contribution >= 0.6 is 0 Å². The first-order valence-electron chi connectivity index (χ1n) is 6.86. The molecule has 0 aliphatic heterocycles. The molecule has 1 aromatic heterocycles. The van der Waals surface area contributed by atoms with Gasteiger partial charge in [0, 0.05) is 18.7 Å². The molecule has 0 bridgehead atoms. The van der Waals surface area contributed by atoms with Gasteiger partial charge in [0.25, 0.3) is 0 Å². The molecule has 0 aliphatic rings. The zero-order valence-electron chi connectivity index (χ0n) is 11.6. The monoisotopic (exact) mass is 272 g/mol. The first kappa shape index (κ1) is 14.3. The normalized spacial score (nSPS) is 10.4. The van der Waals surface area contributed by atoms with Crippen LogP contribution in [0.4, 0.5) is 0 Å². The third-order valence-electron chi connectivity index (χ3n) is 2.95.